The van der Waals surface area contributed by atoms with Crippen LogP contribution in [0.1, 0.15) is 60.3 Å². The van der Waals surface area contributed by atoms with Crippen molar-refractivity contribution in [1.82, 2.24) is 10.2 Å². The third-order valence-corrected chi connectivity index (χ3v) is 4.06. The normalized spacial score (nSPS) is 20.3. The number of hydrogen-bond donors (Lipinski definition) is 1. The van der Waals surface area contributed by atoms with E-state index in [2.05, 4.69) is 44.0 Å². The van der Waals surface area contributed by atoms with Crippen molar-refractivity contribution in [2.75, 3.05) is 13.1 Å². The lowest BCUT2D eigenvalue weighted by molar-refractivity contribution is 0.159. The van der Waals surface area contributed by atoms with Crippen LogP contribution in [0.5, 0.6) is 0 Å². The third-order valence-electron chi connectivity index (χ3n) is 4.06. The molecule has 1 fully saturated rings. The molecule has 1 N–H and O–H groups in total. The minimum Gasteiger partial charge on any atom is -0.300 e. The molecule has 3 heteroatoms. The Morgan fingerprint density at radius 3 is 2.42 bits per heavy atom. The Balaban J connectivity index is 2.56. The Hall–Kier alpha value is -0.590. The van der Waals surface area contributed by atoms with E-state index >= 15 is 0 Å². The SMILES string of the molecule is CCNC(C)(C#N)CC(C)N(CCC(C)C)C1CC1. The molecule has 1 aliphatic carbocycles. The van der Waals surface area contributed by atoms with Crippen molar-refractivity contribution in [1.29, 1.82) is 5.26 Å². The predicted molar refractivity (Wildman–Crippen MR) is 81.0 cm³/mol. The molecule has 1 rings (SSSR count). The molecule has 0 heterocycles. The number of nitrogens with one attached hydrogen (secondary N) is 1. The predicted octanol–water partition coefficient (Wildman–Crippen LogP) is 3.17. The van der Waals surface area contributed by atoms with E-state index in [9.17, 15) is 5.26 Å². The van der Waals surface area contributed by atoms with Gasteiger partial charge in [0.25, 0.3) is 0 Å². The Morgan fingerprint density at radius 2 is 2.00 bits per heavy atom. The second-order valence-electron chi connectivity index (χ2n) is 6.68. The minimum absolute atomic E-state index is 0.390. The molecule has 2 atom stereocenters. The lowest BCUT2D eigenvalue weighted by Gasteiger charge is -2.34. The Morgan fingerprint density at radius 1 is 1.37 bits per heavy atom. The van der Waals surface area contributed by atoms with E-state index in [1.807, 2.05) is 6.92 Å². The van der Waals surface area contributed by atoms with E-state index in [-0.39, 0.29) is 5.54 Å². The highest BCUT2D eigenvalue weighted by Crippen LogP contribution is 2.31. The highest BCUT2D eigenvalue weighted by Gasteiger charge is 2.35. The minimum atomic E-state index is -0.390. The molecule has 0 aromatic rings. The fourth-order valence-electron chi connectivity index (χ4n) is 2.83. The molecule has 1 aliphatic rings. The van der Waals surface area contributed by atoms with Crippen molar-refractivity contribution in [3.63, 3.8) is 0 Å². The van der Waals surface area contributed by atoms with Crippen LogP contribution in [0.4, 0.5) is 0 Å². The van der Waals surface area contributed by atoms with Gasteiger partial charge in [0.05, 0.1) is 6.07 Å². The molecule has 0 aromatic carbocycles. The summed E-state index contributed by atoms with van der Waals surface area (Å²) in [4.78, 5) is 2.63. The Kier molecular flexibility index (Phi) is 6.29. The maximum Gasteiger partial charge on any atom is 0.105 e. The lowest BCUT2D eigenvalue weighted by Crippen LogP contribution is -2.48. The number of hydrogen-bond acceptors (Lipinski definition) is 3. The monoisotopic (exact) mass is 265 g/mol. The standard InChI is InChI=1S/C16H31N3/c1-6-18-16(5,12-17)11-14(4)19(15-7-8-15)10-9-13(2)3/h13-15,18H,6-11H2,1-5H3. The van der Waals surface area contributed by atoms with Crippen molar-refractivity contribution >= 4 is 0 Å². The average Bonchev–Trinajstić information content (AvgIpc) is 3.13. The largest absolute Gasteiger partial charge is 0.300 e. The van der Waals surface area contributed by atoms with Crippen LogP contribution in [0.2, 0.25) is 0 Å². The number of nitriles is 1. The summed E-state index contributed by atoms with van der Waals surface area (Å²) in [6.07, 6.45) is 4.84. The molecule has 3 nitrogen and oxygen atoms in total. The van der Waals surface area contributed by atoms with Crippen LogP contribution >= 0.6 is 0 Å². The fourth-order valence-corrected chi connectivity index (χ4v) is 2.83. The van der Waals surface area contributed by atoms with Crippen LogP contribution in [0.3, 0.4) is 0 Å². The molecule has 0 spiro atoms. The summed E-state index contributed by atoms with van der Waals surface area (Å²) in [5.74, 6) is 0.754. The van der Waals surface area contributed by atoms with Gasteiger partial charge in [0.2, 0.25) is 0 Å². The first-order valence-electron chi connectivity index (χ1n) is 7.84. The number of rotatable bonds is 9. The van der Waals surface area contributed by atoms with Gasteiger partial charge in [-0.3, -0.25) is 10.2 Å². The summed E-state index contributed by atoms with van der Waals surface area (Å²) in [7, 11) is 0. The van der Waals surface area contributed by atoms with Gasteiger partial charge in [0.15, 0.2) is 0 Å². The molecule has 0 radical (unpaired) electrons. The molecule has 0 aliphatic heterocycles. The first kappa shape index (κ1) is 16.5. The highest BCUT2D eigenvalue weighted by atomic mass is 15.2. The maximum absolute atomic E-state index is 9.39. The highest BCUT2D eigenvalue weighted by molar-refractivity contribution is 5.06. The molecule has 0 aromatic heterocycles. The van der Waals surface area contributed by atoms with Crippen molar-refractivity contribution < 1.29 is 0 Å². The van der Waals surface area contributed by atoms with Gasteiger partial charge in [-0.1, -0.05) is 20.8 Å². The first-order chi connectivity index (χ1) is 8.91. The first-order valence-corrected chi connectivity index (χ1v) is 7.84. The third kappa shape index (κ3) is 5.50. The van der Waals surface area contributed by atoms with Crippen molar-refractivity contribution in [2.24, 2.45) is 5.92 Å². The summed E-state index contributed by atoms with van der Waals surface area (Å²) in [6, 6.07) is 3.71. The molecular formula is C16H31N3. The second kappa shape index (κ2) is 7.26. The topological polar surface area (TPSA) is 39.1 Å². The molecule has 110 valence electrons. The van der Waals surface area contributed by atoms with E-state index in [1.54, 1.807) is 0 Å². The molecule has 0 saturated heterocycles. The van der Waals surface area contributed by atoms with Gasteiger partial charge in [-0.25, -0.2) is 0 Å². The molecule has 0 bridgehead atoms. The van der Waals surface area contributed by atoms with Gasteiger partial charge in [-0.15, -0.1) is 0 Å². The molecule has 19 heavy (non-hydrogen) atoms. The van der Waals surface area contributed by atoms with E-state index in [0.717, 1.165) is 24.9 Å². The van der Waals surface area contributed by atoms with Gasteiger partial charge in [0.1, 0.15) is 5.54 Å². The van der Waals surface area contributed by atoms with E-state index in [4.69, 9.17) is 0 Å². The summed E-state index contributed by atoms with van der Waals surface area (Å²) in [5, 5.41) is 12.7. The number of nitrogens with zero attached hydrogens (tertiary/aromatic N) is 2. The van der Waals surface area contributed by atoms with Gasteiger partial charge < -0.3 is 0 Å². The van der Waals surface area contributed by atoms with Gasteiger partial charge >= 0.3 is 0 Å². The van der Waals surface area contributed by atoms with Gasteiger partial charge in [-0.05, 0) is 58.5 Å². The Labute approximate surface area is 119 Å². The zero-order valence-electron chi connectivity index (χ0n) is 13.4. The fraction of sp³-hybridized carbons (Fsp3) is 0.938. The molecule has 1 saturated carbocycles. The van der Waals surface area contributed by atoms with Gasteiger partial charge in [-0.2, -0.15) is 5.26 Å². The van der Waals surface area contributed by atoms with Crippen molar-refractivity contribution in [3.05, 3.63) is 0 Å². The van der Waals surface area contributed by atoms with E-state index in [0.29, 0.717) is 6.04 Å². The van der Waals surface area contributed by atoms with Crippen LogP contribution in [0.25, 0.3) is 0 Å². The lowest BCUT2D eigenvalue weighted by atomic mass is 9.94. The van der Waals surface area contributed by atoms with E-state index < -0.39 is 0 Å². The zero-order valence-corrected chi connectivity index (χ0v) is 13.4. The van der Waals surface area contributed by atoms with Crippen LogP contribution in [0, 0.1) is 17.2 Å². The molecule has 2 unspecified atom stereocenters. The molecule has 0 amide bonds. The zero-order chi connectivity index (χ0) is 14.5. The maximum atomic E-state index is 9.39. The van der Waals surface area contributed by atoms with Gasteiger partial charge in [0, 0.05) is 12.1 Å². The average molecular weight is 265 g/mol. The smallest absolute Gasteiger partial charge is 0.105 e. The summed E-state index contributed by atoms with van der Waals surface area (Å²) in [5.41, 5.74) is -0.390. The summed E-state index contributed by atoms with van der Waals surface area (Å²) >= 11 is 0. The van der Waals surface area contributed by atoms with Crippen molar-refractivity contribution in [3.8, 4) is 6.07 Å². The van der Waals surface area contributed by atoms with E-state index in [1.165, 1.54) is 25.8 Å². The van der Waals surface area contributed by atoms with Crippen LogP contribution in [-0.4, -0.2) is 35.6 Å². The van der Waals surface area contributed by atoms with Crippen molar-refractivity contribution in [2.45, 2.75) is 77.9 Å². The quantitative estimate of drug-likeness (QED) is 0.696. The van der Waals surface area contributed by atoms with Crippen LogP contribution < -0.4 is 5.32 Å². The summed E-state index contributed by atoms with van der Waals surface area (Å²) < 4.78 is 0. The Bertz CT molecular complexity index is 304. The van der Waals surface area contributed by atoms with Crippen LogP contribution in [0.15, 0.2) is 0 Å². The second-order valence-corrected chi connectivity index (χ2v) is 6.68. The molecular weight excluding hydrogens is 234 g/mol. The van der Waals surface area contributed by atoms with Crippen LogP contribution in [-0.2, 0) is 0 Å². The summed E-state index contributed by atoms with van der Waals surface area (Å²) in [6.45, 7) is 13.0.